The number of carbonyl (C=O) groups excluding carboxylic acids is 1. The molecule has 1 aliphatic rings. The molecule has 1 saturated heterocycles. The first-order valence-corrected chi connectivity index (χ1v) is 20.4. The highest BCUT2D eigenvalue weighted by molar-refractivity contribution is 5.80. The Bertz CT molecular complexity index is 790. The number of aliphatic hydroxyl groups excluding tert-OH is 7. The molecule has 1 rings (SSSR count). The maximum Gasteiger partial charge on any atom is 0.249 e. The lowest BCUT2D eigenvalue weighted by Gasteiger charge is -2.40. The topological polar surface area (TPSA) is 189 Å². The van der Waals surface area contributed by atoms with E-state index in [1.165, 1.54) is 96.3 Å². The molecule has 0 spiro atoms. The summed E-state index contributed by atoms with van der Waals surface area (Å²) < 4.78 is 11.0. The fourth-order valence-corrected chi connectivity index (χ4v) is 6.67. The van der Waals surface area contributed by atoms with Crippen LogP contribution in [0.4, 0.5) is 0 Å². The molecule has 11 heteroatoms. The summed E-state index contributed by atoms with van der Waals surface area (Å²) in [4.78, 5) is 13.0. The first kappa shape index (κ1) is 47.1. The summed E-state index contributed by atoms with van der Waals surface area (Å²) in [6.45, 7) is 3.39. The number of nitrogens with one attached hydrogen (secondary N) is 1. The molecular weight excluding hydrogens is 642 g/mol. The van der Waals surface area contributed by atoms with Gasteiger partial charge in [-0.2, -0.15) is 0 Å². The summed E-state index contributed by atoms with van der Waals surface area (Å²) >= 11 is 0. The molecule has 0 saturated carbocycles. The van der Waals surface area contributed by atoms with Gasteiger partial charge in [0, 0.05) is 0 Å². The smallest absolute Gasteiger partial charge is 0.249 e. The Morgan fingerprint density at radius 1 is 0.620 bits per heavy atom. The third-order valence-electron chi connectivity index (χ3n) is 10.2. The van der Waals surface area contributed by atoms with Crippen molar-refractivity contribution in [3.63, 3.8) is 0 Å². The maximum atomic E-state index is 13.0. The van der Waals surface area contributed by atoms with Crippen LogP contribution in [0.3, 0.4) is 0 Å². The molecule has 0 aromatic heterocycles. The molecule has 0 aliphatic carbocycles. The van der Waals surface area contributed by atoms with Crippen molar-refractivity contribution in [1.29, 1.82) is 0 Å². The zero-order valence-electron chi connectivity index (χ0n) is 31.6. The molecule has 0 radical (unpaired) electrons. The predicted octanol–water partition coefficient (Wildman–Crippen LogP) is 5.16. The first-order chi connectivity index (χ1) is 24.2. The summed E-state index contributed by atoms with van der Waals surface area (Å²) in [6.07, 6.45) is 15.9. The minimum absolute atomic E-state index is 0.264. The van der Waals surface area contributed by atoms with Crippen LogP contribution >= 0.6 is 0 Å². The van der Waals surface area contributed by atoms with E-state index in [0.29, 0.717) is 19.3 Å². The van der Waals surface area contributed by atoms with Gasteiger partial charge in [-0.1, -0.05) is 162 Å². The van der Waals surface area contributed by atoms with Crippen molar-refractivity contribution in [2.24, 2.45) is 0 Å². The van der Waals surface area contributed by atoms with Gasteiger partial charge >= 0.3 is 0 Å². The summed E-state index contributed by atoms with van der Waals surface area (Å²) in [5.41, 5.74) is 0. The van der Waals surface area contributed by atoms with E-state index < -0.39 is 74.2 Å². The largest absolute Gasteiger partial charge is 0.394 e. The standard InChI is InChI=1S/C39H77NO10/c1-3-5-7-9-11-13-14-15-16-17-19-20-22-24-26-31(42)34(44)30(29-49-39-37(47)36(46)35(45)33(28-41)50-39)40-38(48)32(43)27-25-23-21-18-12-10-8-6-4-2/h30-37,39,41-47H,3-29H2,1-2H3,(H,40,48). The second kappa shape index (κ2) is 30.6. The zero-order chi connectivity index (χ0) is 37.0. The summed E-state index contributed by atoms with van der Waals surface area (Å²) in [5.74, 6) is -0.699. The van der Waals surface area contributed by atoms with Crippen molar-refractivity contribution in [3.05, 3.63) is 0 Å². The Morgan fingerprint density at radius 2 is 1.04 bits per heavy atom. The second-order valence-corrected chi connectivity index (χ2v) is 14.7. The van der Waals surface area contributed by atoms with Crippen LogP contribution in [0.1, 0.15) is 174 Å². The van der Waals surface area contributed by atoms with E-state index in [4.69, 9.17) is 9.47 Å². The second-order valence-electron chi connectivity index (χ2n) is 14.7. The van der Waals surface area contributed by atoms with Crippen molar-refractivity contribution >= 4 is 5.91 Å². The van der Waals surface area contributed by atoms with Gasteiger partial charge in [0.15, 0.2) is 6.29 Å². The van der Waals surface area contributed by atoms with Crippen molar-refractivity contribution in [3.8, 4) is 0 Å². The van der Waals surface area contributed by atoms with Gasteiger partial charge in [0.1, 0.15) is 36.6 Å². The van der Waals surface area contributed by atoms with Crippen LogP contribution in [0, 0.1) is 0 Å². The van der Waals surface area contributed by atoms with Crippen molar-refractivity contribution in [2.45, 2.75) is 229 Å². The van der Waals surface area contributed by atoms with Gasteiger partial charge in [0.05, 0.1) is 25.4 Å². The van der Waals surface area contributed by atoms with Gasteiger partial charge in [-0.05, 0) is 12.8 Å². The van der Waals surface area contributed by atoms with Crippen LogP contribution in [-0.4, -0.2) is 110 Å². The highest BCUT2D eigenvalue weighted by Gasteiger charge is 2.44. The summed E-state index contributed by atoms with van der Waals surface area (Å²) in [6, 6.07) is -1.16. The number of rotatable bonds is 33. The SMILES string of the molecule is CCCCCCCCCCCCCCCCC(O)C(O)C(COC1OC(CO)C(O)C(O)C1O)NC(=O)C(O)CCCCCCCCCCC. The van der Waals surface area contributed by atoms with Crippen LogP contribution in [-0.2, 0) is 14.3 Å². The Balaban J connectivity index is 2.53. The van der Waals surface area contributed by atoms with Gasteiger partial charge in [0.2, 0.25) is 5.91 Å². The number of hydrogen-bond donors (Lipinski definition) is 8. The first-order valence-electron chi connectivity index (χ1n) is 20.4. The molecule has 1 fully saturated rings. The van der Waals surface area contributed by atoms with Crippen molar-refractivity contribution < 1.29 is 50.0 Å². The zero-order valence-corrected chi connectivity index (χ0v) is 31.6. The molecule has 11 nitrogen and oxygen atoms in total. The van der Waals surface area contributed by atoms with E-state index >= 15 is 0 Å². The van der Waals surface area contributed by atoms with E-state index in [-0.39, 0.29) is 6.42 Å². The maximum absolute atomic E-state index is 13.0. The average Bonchev–Trinajstić information content (AvgIpc) is 3.11. The Morgan fingerprint density at radius 3 is 1.48 bits per heavy atom. The molecule has 1 aliphatic heterocycles. The number of unbranched alkanes of at least 4 members (excludes halogenated alkanes) is 21. The summed E-state index contributed by atoms with van der Waals surface area (Å²) in [5, 5.41) is 75.2. The van der Waals surface area contributed by atoms with Crippen LogP contribution in [0.25, 0.3) is 0 Å². The number of amides is 1. The number of aliphatic hydroxyl groups is 7. The monoisotopic (exact) mass is 720 g/mol. The van der Waals surface area contributed by atoms with E-state index in [1.807, 2.05) is 0 Å². The molecule has 298 valence electrons. The molecule has 9 atom stereocenters. The average molecular weight is 720 g/mol. The lowest BCUT2D eigenvalue weighted by Crippen LogP contribution is -2.60. The van der Waals surface area contributed by atoms with Gasteiger partial charge < -0.3 is 50.5 Å². The van der Waals surface area contributed by atoms with Crippen LogP contribution in [0.5, 0.6) is 0 Å². The highest BCUT2D eigenvalue weighted by Crippen LogP contribution is 2.23. The molecule has 50 heavy (non-hydrogen) atoms. The third-order valence-corrected chi connectivity index (χ3v) is 10.2. The normalized spacial score (nSPS) is 23.4. The van der Waals surface area contributed by atoms with E-state index in [1.54, 1.807) is 0 Å². The summed E-state index contributed by atoms with van der Waals surface area (Å²) in [7, 11) is 0. The molecular formula is C39H77NO10. The molecule has 8 N–H and O–H groups in total. The van der Waals surface area contributed by atoms with Crippen molar-refractivity contribution in [1.82, 2.24) is 5.32 Å². The van der Waals surface area contributed by atoms with Gasteiger partial charge in [-0.15, -0.1) is 0 Å². The number of hydrogen-bond acceptors (Lipinski definition) is 10. The minimum Gasteiger partial charge on any atom is -0.394 e. The van der Waals surface area contributed by atoms with Gasteiger partial charge in [0.25, 0.3) is 0 Å². The van der Waals surface area contributed by atoms with Crippen LogP contribution < -0.4 is 5.32 Å². The Labute approximate surface area is 303 Å². The number of ether oxygens (including phenoxy) is 2. The van der Waals surface area contributed by atoms with Crippen molar-refractivity contribution in [2.75, 3.05) is 13.2 Å². The Kier molecular flexibility index (Phi) is 28.8. The molecule has 0 aromatic rings. The molecule has 1 amide bonds. The van der Waals surface area contributed by atoms with Crippen LogP contribution in [0.15, 0.2) is 0 Å². The quantitative estimate of drug-likeness (QED) is 0.0421. The Hall–Kier alpha value is -0.890. The minimum atomic E-state index is -1.65. The van der Waals surface area contributed by atoms with Gasteiger partial charge in [-0.25, -0.2) is 0 Å². The van der Waals surface area contributed by atoms with E-state index in [9.17, 15) is 40.5 Å². The van der Waals surface area contributed by atoms with E-state index in [2.05, 4.69) is 19.2 Å². The molecule has 0 aromatic carbocycles. The van der Waals surface area contributed by atoms with Gasteiger partial charge in [-0.3, -0.25) is 4.79 Å². The molecule has 0 bridgehead atoms. The third kappa shape index (κ3) is 21.0. The lowest BCUT2D eigenvalue weighted by molar-refractivity contribution is -0.303. The lowest BCUT2D eigenvalue weighted by atomic mass is 9.98. The van der Waals surface area contributed by atoms with E-state index in [0.717, 1.165) is 38.5 Å². The highest BCUT2D eigenvalue weighted by atomic mass is 16.7. The fourth-order valence-electron chi connectivity index (χ4n) is 6.67. The molecule has 1 heterocycles. The van der Waals surface area contributed by atoms with Crippen LogP contribution in [0.2, 0.25) is 0 Å². The number of carbonyl (C=O) groups is 1. The fraction of sp³-hybridized carbons (Fsp3) is 0.974. The molecule has 9 unspecified atom stereocenters. The predicted molar refractivity (Wildman–Crippen MR) is 196 cm³/mol.